The molecular formula is C15H20O4. The van der Waals surface area contributed by atoms with E-state index >= 15 is 0 Å². The van der Waals surface area contributed by atoms with Crippen LogP contribution in [-0.4, -0.2) is 27.7 Å². The van der Waals surface area contributed by atoms with Crippen molar-refractivity contribution in [2.75, 3.05) is 0 Å². The van der Waals surface area contributed by atoms with Gasteiger partial charge in [0.25, 0.3) is 0 Å². The molecule has 0 saturated heterocycles. The molecule has 2 N–H and O–H groups in total. The molecule has 0 spiro atoms. The van der Waals surface area contributed by atoms with Gasteiger partial charge in [0.05, 0.1) is 5.60 Å². The number of hydrogen-bond acceptors (Lipinski definition) is 4. The molecule has 4 heteroatoms. The molecule has 4 nitrogen and oxygen atoms in total. The molecule has 0 aliphatic carbocycles. The van der Waals surface area contributed by atoms with E-state index in [2.05, 4.69) is 0 Å². The molecule has 2 atom stereocenters. The second kappa shape index (κ2) is 4.53. The van der Waals surface area contributed by atoms with Crippen molar-refractivity contribution in [2.24, 2.45) is 0 Å². The van der Waals surface area contributed by atoms with E-state index in [0.29, 0.717) is 16.9 Å². The Bertz CT molecular complexity index is 514. The molecule has 0 unspecified atom stereocenters. The van der Waals surface area contributed by atoms with Gasteiger partial charge in [-0.05, 0) is 38.5 Å². The van der Waals surface area contributed by atoms with Gasteiger partial charge >= 0.3 is 0 Å². The summed E-state index contributed by atoms with van der Waals surface area (Å²) in [6, 6.07) is 3.30. The van der Waals surface area contributed by atoms with Crippen LogP contribution in [0.25, 0.3) is 0 Å². The van der Waals surface area contributed by atoms with E-state index in [-0.39, 0.29) is 23.9 Å². The minimum atomic E-state index is -1.09. The number of phenols is 1. The summed E-state index contributed by atoms with van der Waals surface area (Å²) in [5.41, 5.74) is 0.276. The average molecular weight is 264 g/mol. The third kappa shape index (κ3) is 2.59. The van der Waals surface area contributed by atoms with Gasteiger partial charge in [0.2, 0.25) is 0 Å². The number of aromatic hydroxyl groups is 1. The van der Waals surface area contributed by atoms with Crippen LogP contribution in [0.1, 0.15) is 44.2 Å². The number of ketones is 1. The lowest BCUT2D eigenvalue weighted by Crippen LogP contribution is -2.41. The van der Waals surface area contributed by atoms with Crippen LogP contribution in [0.15, 0.2) is 12.1 Å². The van der Waals surface area contributed by atoms with Crippen molar-refractivity contribution in [2.45, 2.75) is 51.7 Å². The Labute approximate surface area is 113 Å². The molecule has 0 bridgehead atoms. The largest absolute Gasteiger partial charge is 0.508 e. The van der Waals surface area contributed by atoms with Crippen molar-refractivity contribution in [1.29, 1.82) is 0 Å². The van der Waals surface area contributed by atoms with Crippen molar-refractivity contribution in [3.63, 3.8) is 0 Å². The predicted octanol–water partition coefficient (Wildman–Crippen LogP) is 2.30. The van der Waals surface area contributed by atoms with Crippen LogP contribution >= 0.6 is 0 Å². The van der Waals surface area contributed by atoms with Crippen LogP contribution in [0.5, 0.6) is 11.5 Å². The first-order valence-electron chi connectivity index (χ1n) is 6.45. The molecule has 0 amide bonds. The van der Waals surface area contributed by atoms with Gasteiger partial charge in [0.1, 0.15) is 23.4 Å². The number of Topliss-reactive ketones (excluding diaryl/α,β-unsaturated/α-hetero) is 1. The van der Waals surface area contributed by atoms with Crippen molar-refractivity contribution in [3.05, 3.63) is 23.3 Å². The van der Waals surface area contributed by atoms with Crippen molar-refractivity contribution < 1.29 is 19.7 Å². The molecule has 104 valence electrons. The summed E-state index contributed by atoms with van der Waals surface area (Å²) in [4.78, 5) is 12.2. The smallest absolute Gasteiger partial charge is 0.144 e. The number of phenolic OH excluding ortho intramolecular Hbond substituents is 1. The molecule has 0 saturated carbocycles. The van der Waals surface area contributed by atoms with Crippen LogP contribution in [-0.2, 0) is 4.79 Å². The fourth-order valence-corrected chi connectivity index (χ4v) is 2.25. The van der Waals surface area contributed by atoms with Gasteiger partial charge in [-0.3, -0.25) is 4.79 Å². The highest BCUT2D eigenvalue weighted by atomic mass is 16.5. The highest BCUT2D eigenvalue weighted by Gasteiger charge is 2.36. The number of carbonyl (C=O) groups is 1. The Balaban J connectivity index is 2.52. The second-order valence-corrected chi connectivity index (χ2v) is 5.83. The summed E-state index contributed by atoms with van der Waals surface area (Å²) < 4.78 is 5.82. The summed E-state index contributed by atoms with van der Waals surface area (Å²) >= 11 is 0. The molecule has 0 aromatic heterocycles. The van der Waals surface area contributed by atoms with Gasteiger partial charge in [-0.2, -0.15) is 0 Å². The van der Waals surface area contributed by atoms with Crippen LogP contribution in [0.2, 0.25) is 0 Å². The van der Waals surface area contributed by atoms with Gasteiger partial charge in [-0.15, -0.1) is 0 Å². The van der Waals surface area contributed by atoms with Crippen LogP contribution in [0, 0.1) is 6.92 Å². The maximum atomic E-state index is 12.2. The average Bonchev–Trinajstić information content (AvgIpc) is 2.40. The van der Waals surface area contributed by atoms with E-state index < -0.39 is 11.7 Å². The lowest BCUT2D eigenvalue weighted by Gasteiger charge is -2.28. The van der Waals surface area contributed by atoms with E-state index in [1.807, 2.05) is 0 Å². The zero-order chi connectivity index (χ0) is 14.4. The fourth-order valence-electron chi connectivity index (χ4n) is 2.25. The molecule has 2 rings (SSSR count). The zero-order valence-corrected chi connectivity index (χ0v) is 11.7. The number of benzene rings is 1. The van der Waals surface area contributed by atoms with Gasteiger partial charge in [0.15, 0.2) is 0 Å². The quantitative estimate of drug-likeness (QED) is 0.816. The molecule has 1 aromatic carbocycles. The van der Waals surface area contributed by atoms with Gasteiger partial charge < -0.3 is 14.9 Å². The minimum Gasteiger partial charge on any atom is -0.508 e. The number of ether oxygens (including phenoxy) is 1. The Morgan fingerprint density at radius 2 is 2.00 bits per heavy atom. The Kier molecular flexibility index (Phi) is 3.31. The Morgan fingerprint density at radius 1 is 1.37 bits per heavy atom. The van der Waals surface area contributed by atoms with Crippen molar-refractivity contribution in [3.8, 4) is 11.5 Å². The van der Waals surface area contributed by atoms with Crippen molar-refractivity contribution in [1.82, 2.24) is 0 Å². The standard InChI is InChI=1S/C15H20O4/c1-8-5-13-10(6-11(8)16)9(2)12(17)7-14(19-13)15(3,4)18/h5-6,9,14,16,18H,7H2,1-4H3/t9-,14+/m0/s1. The summed E-state index contributed by atoms with van der Waals surface area (Å²) in [7, 11) is 0. The lowest BCUT2D eigenvalue weighted by atomic mass is 9.90. The third-order valence-electron chi connectivity index (χ3n) is 3.72. The summed E-state index contributed by atoms with van der Waals surface area (Å²) in [5.74, 6) is 0.396. The van der Waals surface area contributed by atoms with Crippen LogP contribution < -0.4 is 4.74 Å². The van der Waals surface area contributed by atoms with Crippen molar-refractivity contribution >= 4 is 5.78 Å². The lowest BCUT2D eigenvalue weighted by molar-refractivity contribution is -0.124. The molecule has 1 aliphatic rings. The van der Waals surface area contributed by atoms with E-state index in [1.54, 1.807) is 39.8 Å². The Morgan fingerprint density at radius 3 is 2.58 bits per heavy atom. The summed E-state index contributed by atoms with van der Waals surface area (Å²) in [6.07, 6.45) is -0.410. The molecule has 1 heterocycles. The maximum Gasteiger partial charge on any atom is 0.144 e. The number of aryl methyl sites for hydroxylation is 1. The molecule has 0 radical (unpaired) electrons. The Hall–Kier alpha value is -1.55. The maximum absolute atomic E-state index is 12.2. The number of fused-ring (bicyclic) bond motifs is 1. The summed E-state index contributed by atoms with van der Waals surface area (Å²) in [6.45, 7) is 6.84. The van der Waals surface area contributed by atoms with Crippen LogP contribution in [0.3, 0.4) is 0 Å². The molecule has 1 aliphatic heterocycles. The number of rotatable bonds is 1. The highest BCUT2D eigenvalue weighted by molar-refractivity contribution is 5.87. The molecule has 19 heavy (non-hydrogen) atoms. The molecule has 1 aromatic rings. The first-order valence-corrected chi connectivity index (χ1v) is 6.45. The third-order valence-corrected chi connectivity index (χ3v) is 3.72. The minimum absolute atomic E-state index is 0.00845. The number of aliphatic hydroxyl groups is 1. The van der Waals surface area contributed by atoms with E-state index in [0.717, 1.165) is 0 Å². The van der Waals surface area contributed by atoms with E-state index in [1.165, 1.54) is 0 Å². The first kappa shape index (κ1) is 13.9. The fraction of sp³-hybridized carbons (Fsp3) is 0.533. The topological polar surface area (TPSA) is 66.8 Å². The normalized spacial score (nSPS) is 23.5. The number of hydrogen-bond donors (Lipinski definition) is 2. The predicted molar refractivity (Wildman–Crippen MR) is 71.6 cm³/mol. The number of carbonyl (C=O) groups excluding carboxylic acids is 1. The SMILES string of the molecule is Cc1cc2c(cc1O)[C@H](C)C(=O)C[C@H](C(C)(C)O)O2. The molecule has 0 fully saturated rings. The van der Waals surface area contributed by atoms with Gasteiger partial charge in [-0.25, -0.2) is 0 Å². The van der Waals surface area contributed by atoms with E-state index in [9.17, 15) is 15.0 Å². The monoisotopic (exact) mass is 264 g/mol. The highest BCUT2D eigenvalue weighted by Crippen LogP contribution is 2.38. The van der Waals surface area contributed by atoms with E-state index in [4.69, 9.17) is 4.74 Å². The van der Waals surface area contributed by atoms with Gasteiger partial charge in [-0.1, -0.05) is 6.92 Å². The first-order chi connectivity index (χ1) is 8.70. The van der Waals surface area contributed by atoms with Gasteiger partial charge in [0, 0.05) is 17.9 Å². The van der Waals surface area contributed by atoms with Crippen LogP contribution in [0.4, 0.5) is 0 Å². The second-order valence-electron chi connectivity index (χ2n) is 5.83. The zero-order valence-electron chi connectivity index (χ0n) is 11.7. The molecular weight excluding hydrogens is 244 g/mol. The summed E-state index contributed by atoms with van der Waals surface area (Å²) in [5, 5.41) is 19.9.